The minimum Gasteiger partial charge on any atom is -0.315 e. The van der Waals surface area contributed by atoms with Crippen LogP contribution >= 0.6 is 0 Å². The molecule has 0 amide bonds. The molecule has 4 unspecified atom stereocenters. The van der Waals surface area contributed by atoms with Crippen LogP contribution < -0.4 is 5.32 Å². The van der Waals surface area contributed by atoms with Crippen molar-refractivity contribution in [3.63, 3.8) is 0 Å². The lowest BCUT2D eigenvalue weighted by Crippen LogP contribution is -2.54. The second kappa shape index (κ2) is 4.19. The average Bonchev–Trinajstić information content (AvgIpc) is 2.71. The molecule has 1 saturated heterocycles. The summed E-state index contributed by atoms with van der Waals surface area (Å²) in [5.41, 5.74) is 0. The van der Waals surface area contributed by atoms with Crippen LogP contribution in [0.2, 0.25) is 0 Å². The molecule has 0 spiro atoms. The van der Waals surface area contributed by atoms with E-state index < -0.39 is 0 Å². The van der Waals surface area contributed by atoms with E-state index in [9.17, 15) is 0 Å². The Kier molecular flexibility index (Phi) is 3.13. The molecule has 2 fully saturated rings. The van der Waals surface area contributed by atoms with Crippen LogP contribution in [0, 0.1) is 11.8 Å². The van der Waals surface area contributed by atoms with E-state index in [4.69, 9.17) is 0 Å². The van der Waals surface area contributed by atoms with Gasteiger partial charge in [0.15, 0.2) is 0 Å². The van der Waals surface area contributed by atoms with Crippen LogP contribution in [0.4, 0.5) is 0 Å². The van der Waals surface area contributed by atoms with Gasteiger partial charge in [-0.1, -0.05) is 20.8 Å². The van der Waals surface area contributed by atoms with Gasteiger partial charge in [-0.25, -0.2) is 0 Å². The molecule has 1 N–H and O–H groups in total. The number of rotatable bonds is 3. The molecule has 2 aliphatic rings. The van der Waals surface area contributed by atoms with E-state index in [1.165, 1.54) is 32.5 Å². The maximum Gasteiger partial charge on any atom is 0.0235 e. The van der Waals surface area contributed by atoms with Crippen molar-refractivity contribution in [1.29, 1.82) is 0 Å². The molecule has 1 saturated carbocycles. The normalized spacial score (nSPS) is 42.9. The van der Waals surface area contributed by atoms with Crippen LogP contribution in [0.1, 0.15) is 33.6 Å². The van der Waals surface area contributed by atoms with E-state index in [2.05, 4.69) is 31.0 Å². The first-order valence-corrected chi connectivity index (χ1v) is 6.20. The first-order valence-electron chi connectivity index (χ1n) is 6.20. The molecule has 82 valence electrons. The molecule has 2 rings (SSSR count). The molecule has 0 aromatic heterocycles. The third-order valence-electron chi connectivity index (χ3n) is 4.41. The Morgan fingerprint density at radius 2 is 2.14 bits per heavy atom. The fourth-order valence-electron chi connectivity index (χ4n) is 3.12. The Morgan fingerprint density at radius 3 is 2.57 bits per heavy atom. The zero-order valence-electron chi connectivity index (χ0n) is 9.79. The Labute approximate surface area is 88.1 Å². The fraction of sp³-hybridized carbons (Fsp3) is 1.00. The van der Waals surface area contributed by atoms with E-state index in [0.29, 0.717) is 0 Å². The van der Waals surface area contributed by atoms with E-state index in [0.717, 1.165) is 23.9 Å². The van der Waals surface area contributed by atoms with Gasteiger partial charge in [0.25, 0.3) is 0 Å². The summed E-state index contributed by atoms with van der Waals surface area (Å²) in [6.07, 6.45) is 2.77. The van der Waals surface area contributed by atoms with Crippen LogP contribution in [-0.2, 0) is 0 Å². The van der Waals surface area contributed by atoms with Crippen molar-refractivity contribution in [1.82, 2.24) is 10.2 Å². The highest BCUT2D eigenvalue weighted by atomic mass is 15.2. The summed E-state index contributed by atoms with van der Waals surface area (Å²) in [4.78, 5) is 2.74. The molecule has 2 heteroatoms. The van der Waals surface area contributed by atoms with Gasteiger partial charge < -0.3 is 5.32 Å². The number of nitrogens with one attached hydrogen (secondary N) is 1. The van der Waals surface area contributed by atoms with E-state index in [1.54, 1.807) is 0 Å². The van der Waals surface area contributed by atoms with Crippen molar-refractivity contribution in [3.05, 3.63) is 0 Å². The van der Waals surface area contributed by atoms with Crippen molar-refractivity contribution >= 4 is 0 Å². The molecule has 0 radical (unpaired) electrons. The van der Waals surface area contributed by atoms with Gasteiger partial charge in [0.2, 0.25) is 0 Å². The summed E-state index contributed by atoms with van der Waals surface area (Å²) in [7, 11) is 0. The summed E-state index contributed by atoms with van der Waals surface area (Å²) >= 11 is 0. The zero-order valence-corrected chi connectivity index (χ0v) is 9.79. The van der Waals surface area contributed by atoms with Crippen molar-refractivity contribution in [2.45, 2.75) is 45.7 Å². The molecule has 4 atom stereocenters. The quantitative estimate of drug-likeness (QED) is 0.739. The first kappa shape index (κ1) is 10.4. The van der Waals surface area contributed by atoms with Crippen LogP contribution in [0.15, 0.2) is 0 Å². The molecule has 1 aliphatic carbocycles. The average molecular weight is 196 g/mol. The van der Waals surface area contributed by atoms with Crippen LogP contribution in [0.5, 0.6) is 0 Å². The molecule has 0 aromatic carbocycles. The Balaban J connectivity index is 1.92. The lowest BCUT2D eigenvalue weighted by Gasteiger charge is -2.49. The second-order valence-corrected chi connectivity index (χ2v) is 5.12. The Morgan fingerprint density at radius 1 is 1.36 bits per heavy atom. The third kappa shape index (κ3) is 1.70. The number of likely N-dealkylation sites (N-methyl/N-ethyl adjacent to an activating group) is 1. The van der Waals surface area contributed by atoms with E-state index in [-0.39, 0.29) is 0 Å². The zero-order chi connectivity index (χ0) is 10.1. The van der Waals surface area contributed by atoms with Crippen molar-refractivity contribution in [3.8, 4) is 0 Å². The lowest BCUT2D eigenvalue weighted by atomic mass is 9.70. The topological polar surface area (TPSA) is 15.3 Å². The number of nitrogens with zero attached hydrogens (tertiary/aromatic N) is 1. The lowest BCUT2D eigenvalue weighted by molar-refractivity contribution is 0.00301. The van der Waals surface area contributed by atoms with Gasteiger partial charge in [-0.05, 0) is 37.8 Å². The maximum atomic E-state index is 3.47. The molecule has 14 heavy (non-hydrogen) atoms. The smallest absolute Gasteiger partial charge is 0.0235 e. The monoisotopic (exact) mass is 196 g/mol. The van der Waals surface area contributed by atoms with Gasteiger partial charge >= 0.3 is 0 Å². The largest absolute Gasteiger partial charge is 0.315 e. The summed E-state index contributed by atoms with van der Waals surface area (Å²) in [5.74, 6) is 1.86. The predicted octanol–water partition coefficient (Wildman–Crippen LogP) is 1.71. The molecule has 1 heterocycles. The molecular weight excluding hydrogens is 172 g/mol. The standard InChI is InChI=1S/C12H24N2/c1-4-14(11-5-6-13-8-11)12-7-9(2)10(12)3/h9-13H,4-8H2,1-3H3. The van der Waals surface area contributed by atoms with Crippen LogP contribution in [0.3, 0.4) is 0 Å². The van der Waals surface area contributed by atoms with Gasteiger partial charge in [-0.3, -0.25) is 4.90 Å². The predicted molar refractivity (Wildman–Crippen MR) is 60.4 cm³/mol. The first-order chi connectivity index (χ1) is 6.74. The SMILES string of the molecule is CCN(C1CCNC1)C1CC(C)C1C. The highest BCUT2D eigenvalue weighted by molar-refractivity contribution is 4.95. The summed E-state index contributed by atoms with van der Waals surface area (Å²) < 4.78 is 0. The molecular formula is C12H24N2. The van der Waals surface area contributed by atoms with Crippen LogP contribution in [0.25, 0.3) is 0 Å². The van der Waals surface area contributed by atoms with Gasteiger partial charge in [0, 0.05) is 18.6 Å². The minimum atomic E-state index is 0.819. The van der Waals surface area contributed by atoms with E-state index in [1.807, 2.05) is 0 Å². The molecule has 2 nitrogen and oxygen atoms in total. The Hall–Kier alpha value is -0.0800. The van der Waals surface area contributed by atoms with Crippen molar-refractivity contribution in [2.75, 3.05) is 19.6 Å². The van der Waals surface area contributed by atoms with Gasteiger partial charge in [0.1, 0.15) is 0 Å². The summed E-state index contributed by atoms with van der Waals surface area (Å²) in [6.45, 7) is 10.8. The van der Waals surface area contributed by atoms with Crippen molar-refractivity contribution in [2.24, 2.45) is 11.8 Å². The molecule has 1 aliphatic heterocycles. The minimum absolute atomic E-state index is 0.819. The van der Waals surface area contributed by atoms with Crippen molar-refractivity contribution < 1.29 is 0 Å². The van der Waals surface area contributed by atoms with Gasteiger partial charge in [0.05, 0.1) is 0 Å². The summed E-state index contributed by atoms with van der Waals surface area (Å²) in [6, 6.07) is 1.69. The highest BCUT2D eigenvalue weighted by Gasteiger charge is 2.40. The van der Waals surface area contributed by atoms with Crippen LogP contribution in [-0.4, -0.2) is 36.6 Å². The molecule has 0 bridgehead atoms. The van der Waals surface area contributed by atoms with Gasteiger partial charge in [-0.15, -0.1) is 0 Å². The fourth-order valence-corrected chi connectivity index (χ4v) is 3.12. The maximum absolute atomic E-state index is 3.47. The Bertz CT molecular complexity index is 187. The number of hydrogen-bond donors (Lipinski definition) is 1. The molecule has 0 aromatic rings. The third-order valence-corrected chi connectivity index (χ3v) is 4.41. The second-order valence-electron chi connectivity index (χ2n) is 5.12. The van der Waals surface area contributed by atoms with Gasteiger partial charge in [-0.2, -0.15) is 0 Å². The van der Waals surface area contributed by atoms with E-state index >= 15 is 0 Å². The summed E-state index contributed by atoms with van der Waals surface area (Å²) in [5, 5.41) is 3.47. The highest BCUT2D eigenvalue weighted by Crippen LogP contribution is 2.38. The number of hydrogen-bond acceptors (Lipinski definition) is 2.